The fraction of sp³-hybridized carbons (Fsp3) is 0.263. The molecule has 0 fully saturated rings. The Hall–Kier alpha value is -2.09. The van der Waals surface area contributed by atoms with Crippen molar-refractivity contribution in [2.75, 3.05) is 32.1 Å². The van der Waals surface area contributed by atoms with Crippen LogP contribution in [0.3, 0.4) is 0 Å². The summed E-state index contributed by atoms with van der Waals surface area (Å²) in [5, 5.41) is 0.442. The number of rotatable bonds is 6. The molecule has 4 nitrogen and oxygen atoms in total. The van der Waals surface area contributed by atoms with E-state index in [2.05, 4.69) is 4.98 Å². The van der Waals surface area contributed by atoms with Gasteiger partial charge in [0.2, 0.25) is 0 Å². The summed E-state index contributed by atoms with van der Waals surface area (Å²) in [5.41, 5.74) is 0.619. The first-order valence-corrected chi connectivity index (χ1v) is 9.04. The summed E-state index contributed by atoms with van der Waals surface area (Å²) in [7, 11) is 3.90. The molecule has 0 spiro atoms. The largest absolute Gasteiger partial charge is 0.309 e. The number of benzene rings is 2. The number of halogens is 3. The van der Waals surface area contributed by atoms with Crippen LogP contribution in [0.15, 0.2) is 42.5 Å². The molecule has 0 aliphatic carbocycles. The Kier molecular flexibility index (Phi) is 7.24. The molecule has 27 heavy (non-hydrogen) atoms. The molecule has 0 unspecified atom stereocenters. The van der Waals surface area contributed by atoms with Crippen LogP contribution >= 0.6 is 23.7 Å². The van der Waals surface area contributed by atoms with Crippen LogP contribution in [0.4, 0.5) is 13.9 Å². The number of fused-ring (bicyclic) bond motifs is 1. The maximum absolute atomic E-state index is 14.1. The van der Waals surface area contributed by atoms with E-state index in [1.54, 1.807) is 18.2 Å². The van der Waals surface area contributed by atoms with Gasteiger partial charge in [0, 0.05) is 6.54 Å². The second kappa shape index (κ2) is 9.21. The molecule has 0 saturated heterocycles. The third-order valence-corrected chi connectivity index (χ3v) is 4.95. The molecular formula is C19H20ClF2N3OS. The lowest BCUT2D eigenvalue weighted by molar-refractivity contribution is 0.0982. The number of amides is 1. The molecule has 1 aromatic heterocycles. The average molecular weight is 412 g/mol. The number of carbonyl (C=O) groups is 1. The van der Waals surface area contributed by atoms with Crippen LogP contribution in [0.2, 0.25) is 0 Å². The fourth-order valence-corrected chi connectivity index (χ4v) is 3.63. The Morgan fingerprint density at radius 1 is 1.11 bits per heavy atom. The molecule has 1 heterocycles. The van der Waals surface area contributed by atoms with E-state index >= 15 is 0 Å². The summed E-state index contributed by atoms with van der Waals surface area (Å²) in [5.74, 6) is -1.36. The van der Waals surface area contributed by atoms with Gasteiger partial charge in [-0.25, -0.2) is 13.8 Å². The number of carbonyl (C=O) groups excluding carboxylic acids is 1. The molecule has 0 radical (unpaired) electrons. The second-order valence-electron chi connectivity index (χ2n) is 6.20. The van der Waals surface area contributed by atoms with Crippen molar-refractivity contribution < 1.29 is 13.6 Å². The third kappa shape index (κ3) is 5.00. The molecule has 0 N–H and O–H groups in total. The Bertz CT molecular complexity index is 932. The molecule has 0 bridgehead atoms. The standard InChI is InChI=1S/C19H19F2N3OS.ClH/c1-23(2)10-5-11-24(18(25)14-6-3-4-7-15(14)21)19-22-16-9-8-13(20)12-17(16)26-19;/h3-4,6-9,12H,5,10-11H2,1-2H3;1H. The molecule has 0 aliphatic heterocycles. The van der Waals surface area contributed by atoms with Crippen LogP contribution < -0.4 is 4.90 Å². The van der Waals surface area contributed by atoms with Gasteiger partial charge in [-0.2, -0.15) is 0 Å². The minimum atomic E-state index is -0.567. The van der Waals surface area contributed by atoms with E-state index in [9.17, 15) is 13.6 Å². The number of anilines is 1. The third-order valence-electron chi connectivity index (χ3n) is 3.91. The number of hydrogen-bond acceptors (Lipinski definition) is 4. The van der Waals surface area contributed by atoms with Crippen molar-refractivity contribution in [2.24, 2.45) is 0 Å². The van der Waals surface area contributed by atoms with Crippen molar-refractivity contribution in [3.05, 3.63) is 59.7 Å². The summed E-state index contributed by atoms with van der Waals surface area (Å²) in [6, 6.07) is 10.2. The SMILES string of the molecule is CN(C)CCCN(C(=O)c1ccccc1F)c1nc2ccc(F)cc2s1.Cl. The summed E-state index contributed by atoms with van der Waals surface area (Å²) in [6.07, 6.45) is 0.706. The zero-order valence-corrected chi connectivity index (χ0v) is 16.6. The van der Waals surface area contributed by atoms with Gasteiger partial charge in [-0.05, 0) is 57.4 Å². The quantitative estimate of drug-likeness (QED) is 0.595. The smallest absolute Gasteiger partial charge is 0.263 e. The van der Waals surface area contributed by atoms with Crippen LogP contribution in [0.25, 0.3) is 10.2 Å². The van der Waals surface area contributed by atoms with E-state index in [1.807, 2.05) is 19.0 Å². The fourth-order valence-electron chi connectivity index (χ4n) is 2.61. The highest BCUT2D eigenvalue weighted by molar-refractivity contribution is 7.22. The van der Waals surface area contributed by atoms with E-state index in [0.717, 1.165) is 6.54 Å². The summed E-state index contributed by atoms with van der Waals surface area (Å²) < 4.78 is 28.2. The van der Waals surface area contributed by atoms with Gasteiger partial charge in [-0.3, -0.25) is 9.69 Å². The first kappa shape index (κ1) is 21.2. The summed E-state index contributed by atoms with van der Waals surface area (Å²) in [4.78, 5) is 20.9. The van der Waals surface area contributed by atoms with E-state index in [4.69, 9.17) is 0 Å². The predicted molar refractivity (Wildman–Crippen MR) is 108 cm³/mol. The van der Waals surface area contributed by atoms with Gasteiger partial charge < -0.3 is 4.90 Å². The van der Waals surface area contributed by atoms with Gasteiger partial charge in [0.15, 0.2) is 5.13 Å². The van der Waals surface area contributed by atoms with Gasteiger partial charge in [-0.15, -0.1) is 12.4 Å². The topological polar surface area (TPSA) is 36.4 Å². The van der Waals surface area contributed by atoms with Crippen molar-refractivity contribution in [2.45, 2.75) is 6.42 Å². The lowest BCUT2D eigenvalue weighted by Gasteiger charge is -2.21. The molecule has 0 aliphatic rings. The van der Waals surface area contributed by atoms with Crippen LogP contribution in [0, 0.1) is 11.6 Å². The zero-order valence-electron chi connectivity index (χ0n) is 15.0. The summed E-state index contributed by atoms with van der Waals surface area (Å²) in [6.45, 7) is 1.17. The van der Waals surface area contributed by atoms with E-state index in [-0.39, 0.29) is 23.8 Å². The van der Waals surface area contributed by atoms with Crippen LogP contribution in [-0.2, 0) is 0 Å². The van der Waals surface area contributed by atoms with Crippen molar-refractivity contribution in [1.82, 2.24) is 9.88 Å². The van der Waals surface area contributed by atoms with Gasteiger partial charge in [-0.1, -0.05) is 23.5 Å². The van der Waals surface area contributed by atoms with Crippen LogP contribution in [0.1, 0.15) is 16.8 Å². The molecule has 0 atom stereocenters. The molecule has 144 valence electrons. The summed E-state index contributed by atoms with van der Waals surface area (Å²) >= 11 is 1.23. The average Bonchev–Trinajstić information content (AvgIpc) is 3.01. The minimum Gasteiger partial charge on any atom is -0.309 e. The molecule has 3 aromatic rings. The molecule has 8 heteroatoms. The lowest BCUT2D eigenvalue weighted by atomic mass is 10.2. The normalized spacial score (nSPS) is 10.9. The maximum atomic E-state index is 14.1. The Morgan fingerprint density at radius 3 is 2.56 bits per heavy atom. The van der Waals surface area contributed by atoms with Crippen molar-refractivity contribution >= 4 is 45.0 Å². The van der Waals surface area contributed by atoms with Crippen molar-refractivity contribution in [3.8, 4) is 0 Å². The van der Waals surface area contributed by atoms with Crippen molar-refractivity contribution in [3.63, 3.8) is 0 Å². The van der Waals surface area contributed by atoms with E-state index in [0.29, 0.717) is 28.3 Å². The molecule has 3 rings (SSSR count). The number of nitrogens with zero attached hydrogens (tertiary/aromatic N) is 3. The number of hydrogen-bond donors (Lipinski definition) is 0. The molecule has 2 aromatic carbocycles. The minimum absolute atomic E-state index is 0. The molecule has 0 saturated carbocycles. The second-order valence-corrected chi connectivity index (χ2v) is 7.21. The Morgan fingerprint density at radius 2 is 1.85 bits per heavy atom. The van der Waals surface area contributed by atoms with E-state index < -0.39 is 11.7 Å². The Labute approximate surface area is 166 Å². The molecule has 1 amide bonds. The van der Waals surface area contributed by atoms with E-state index in [1.165, 1.54) is 40.5 Å². The van der Waals surface area contributed by atoms with Gasteiger partial charge in [0.1, 0.15) is 11.6 Å². The highest BCUT2D eigenvalue weighted by Gasteiger charge is 2.23. The number of thiazole rings is 1. The predicted octanol–water partition coefficient (Wildman–Crippen LogP) is 4.59. The zero-order chi connectivity index (χ0) is 18.7. The van der Waals surface area contributed by atoms with Gasteiger partial charge in [0.05, 0.1) is 15.8 Å². The maximum Gasteiger partial charge on any atom is 0.263 e. The molecular weight excluding hydrogens is 392 g/mol. The van der Waals surface area contributed by atoms with Gasteiger partial charge >= 0.3 is 0 Å². The Balaban J connectivity index is 0.00000261. The van der Waals surface area contributed by atoms with Crippen LogP contribution in [-0.4, -0.2) is 43.0 Å². The van der Waals surface area contributed by atoms with Crippen LogP contribution in [0.5, 0.6) is 0 Å². The first-order chi connectivity index (χ1) is 12.5. The van der Waals surface area contributed by atoms with Crippen molar-refractivity contribution in [1.29, 1.82) is 0 Å². The number of aromatic nitrogens is 1. The van der Waals surface area contributed by atoms with Gasteiger partial charge in [0.25, 0.3) is 5.91 Å². The lowest BCUT2D eigenvalue weighted by Crippen LogP contribution is -2.34. The first-order valence-electron chi connectivity index (χ1n) is 8.23. The highest BCUT2D eigenvalue weighted by atomic mass is 35.5. The highest BCUT2D eigenvalue weighted by Crippen LogP contribution is 2.30. The monoisotopic (exact) mass is 411 g/mol.